The number of imide groups is 2. The van der Waals surface area contributed by atoms with Gasteiger partial charge in [0.25, 0.3) is 17.7 Å². The smallest absolute Gasteiger partial charge is 0.337 e. The second kappa shape index (κ2) is 11.8. The van der Waals surface area contributed by atoms with E-state index in [1.165, 1.54) is 49.6 Å². The van der Waals surface area contributed by atoms with Crippen molar-refractivity contribution < 1.29 is 33.4 Å². The highest BCUT2D eigenvalue weighted by molar-refractivity contribution is 6.42. The van der Waals surface area contributed by atoms with Crippen LogP contribution in [0, 0.1) is 0 Å². The fraction of sp³-hybridized carbons (Fsp3) is 0.0741. The molecule has 0 radical (unpaired) electrons. The number of hydrogen-bond donors (Lipinski definition) is 2. The monoisotopic (exact) mass is 567 g/mol. The Kier molecular flexibility index (Phi) is 8.28. The summed E-state index contributed by atoms with van der Waals surface area (Å²) in [6.07, 6.45) is 1.26. The van der Waals surface area contributed by atoms with Gasteiger partial charge in [0, 0.05) is 11.3 Å². The lowest BCUT2D eigenvalue weighted by atomic mass is 10.1. The van der Waals surface area contributed by atoms with Gasteiger partial charge in [0.1, 0.15) is 11.3 Å². The predicted octanol–water partition coefficient (Wildman–Crippen LogP) is 4.46. The molecule has 4 rings (SSSR count). The van der Waals surface area contributed by atoms with Crippen molar-refractivity contribution in [3.05, 3.63) is 93.5 Å². The Hall–Kier alpha value is -4.67. The minimum Gasteiger partial charge on any atom is -0.483 e. The lowest BCUT2D eigenvalue weighted by Crippen LogP contribution is -2.54. The lowest BCUT2D eigenvalue weighted by Gasteiger charge is -2.26. The normalized spacial score (nSPS) is 14.2. The number of carbonyl (C=O) groups excluding carboxylic acids is 5. The van der Waals surface area contributed by atoms with E-state index in [0.29, 0.717) is 16.3 Å². The molecule has 0 bridgehead atoms. The summed E-state index contributed by atoms with van der Waals surface area (Å²) in [7, 11) is 1.23. The number of methoxy groups -OCH3 is 1. The van der Waals surface area contributed by atoms with E-state index in [2.05, 4.69) is 15.4 Å². The number of urea groups is 1. The van der Waals surface area contributed by atoms with Gasteiger partial charge in [-0.25, -0.2) is 14.5 Å². The molecule has 1 aliphatic rings. The van der Waals surface area contributed by atoms with Gasteiger partial charge in [-0.3, -0.25) is 19.7 Å². The molecule has 12 heteroatoms. The fourth-order valence-electron chi connectivity index (χ4n) is 3.56. The highest BCUT2D eigenvalue weighted by Gasteiger charge is 2.37. The van der Waals surface area contributed by atoms with Crippen molar-refractivity contribution in [1.82, 2.24) is 5.32 Å². The zero-order valence-corrected chi connectivity index (χ0v) is 21.7. The first-order valence-electron chi connectivity index (χ1n) is 11.2. The van der Waals surface area contributed by atoms with Crippen LogP contribution in [0.4, 0.5) is 16.2 Å². The molecule has 3 aromatic rings. The molecule has 0 spiro atoms. The van der Waals surface area contributed by atoms with Gasteiger partial charge >= 0.3 is 12.0 Å². The molecule has 0 saturated carbocycles. The Morgan fingerprint density at radius 3 is 2.38 bits per heavy atom. The Balaban J connectivity index is 1.53. The molecule has 0 aromatic heterocycles. The van der Waals surface area contributed by atoms with E-state index in [4.69, 9.17) is 27.9 Å². The van der Waals surface area contributed by atoms with Gasteiger partial charge in [-0.2, -0.15) is 0 Å². The number of carbonyl (C=O) groups is 5. The first-order valence-corrected chi connectivity index (χ1v) is 12.0. The summed E-state index contributed by atoms with van der Waals surface area (Å²) in [5, 5.41) is 5.36. The van der Waals surface area contributed by atoms with E-state index in [-0.39, 0.29) is 27.6 Å². The quantitative estimate of drug-likeness (QED) is 0.244. The number of nitrogens with one attached hydrogen (secondary N) is 2. The molecule has 1 saturated heterocycles. The molecule has 0 atom stereocenters. The first kappa shape index (κ1) is 27.4. The maximum atomic E-state index is 13.2. The third-order valence-electron chi connectivity index (χ3n) is 5.43. The molecule has 39 heavy (non-hydrogen) atoms. The second-order valence-electron chi connectivity index (χ2n) is 8.00. The van der Waals surface area contributed by atoms with Gasteiger partial charge in [0.05, 0.1) is 28.4 Å². The summed E-state index contributed by atoms with van der Waals surface area (Å²) in [6.45, 7) is -0.391. The molecular formula is C27H19Cl2N3O7. The van der Waals surface area contributed by atoms with Crippen molar-refractivity contribution >= 4 is 70.4 Å². The van der Waals surface area contributed by atoms with Crippen LogP contribution < -0.4 is 20.3 Å². The van der Waals surface area contributed by atoms with Gasteiger partial charge in [0.15, 0.2) is 6.61 Å². The number of barbiturate groups is 1. The van der Waals surface area contributed by atoms with Crippen LogP contribution in [0.3, 0.4) is 0 Å². The highest BCUT2D eigenvalue weighted by atomic mass is 35.5. The minimum atomic E-state index is -0.948. The number of ether oxygens (including phenoxy) is 2. The number of nitrogens with zero attached hydrogens (tertiary/aromatic N) is 1. The van der Waals surface area contributed by atoms with Crippen LogP contribution in [0.15, 0.2) is 72.3 Å². The van der Waals surface area contributed by atoms with Crippen molar-refractivity contribution in [2.45, 2.75) is 0 Å². The standard InChI is InChI=1S/C27H19Cl2N3O7/c1-38-26(36)15-6-9-18(10-7-15)32-25(35)19(24(34)31-27(32)37)12-16-4-2-3-5-22(16)39-14-23(33)30-17-8-11-20(28)21(29)13-17/h2-13H,14H2,1H3,(H,30,33)(H,31,34,37)/b19-12-. The van der Waals surface area contributed by atoms with Crippen molar-refractivity contribution in [2.75, 3.05) is 23.9 Å². The number of amides is 5. The molecule has 0 unspecified atom stereocenters. The number of esters is 1. The fourth-order valence-corrected chi connectivity index (χ4v) is 3.86. The summed E-state index contributed by atoms with van der Waals surface area (Å²) in [5.41, 5.74) is 0.734. The predicted molar refractivity (Wildman–Crippen MR) is 144 cm³/mol. The van der Waals surface area contributed by atoms with Crippen molar-refractivity contribution in [3.8, 4) is 5.75 Å². The number of anilines is 2. The topological polar surface area (TPSA) is 131 Å². The summed E-state index contributed by atoms with van der Waals surface area (Å²) in [6, 6.07) is 15.6. The van der Waals surface area contributed by atoms with Gasteiger partial charge in [-0.05, 0) is 54.6 Å². The maximum absolute atomic E-state index is 13.2. The van der Waals surface area contributed by atoms with Crippen molar-refractivity contribution in [2.24, 2.45) is 0 Å². The van der Waals surface area contributed by atoms with E-state index in [0.717, 1.165) is 4.90 Å². The average Bonchev–Trinajstić information content (AvgIpc) is 2.92. The largest absolute Gasteiger partial charge is 0.483 e. The molecule has 0 aliphatic carbocycles. The van der Waals surface area contributed by atoms with Crippen LogP contribution in [0.5, 0.6) is 5.75 Å². The van der Waals surface area contributed by atoms with Gasteiger partial charge < -0.3 is 14.8 Å². The molecule has 1 aliphatic heterocycles. The van der Waals surface area contributed by atoms with Gasteiger partial charge in [-0.1, -0.05) is 41.4 Å². The van der Waals surface area contributed by atoms with Gasteiger partial charge in [-0.15, -0.1) is 0 Å². The Morgan fingerprint density at radius 1 is 0.974 bits per heavy atom. The SMILES string of the molecule is COC(=O)c1ccc(N2C(=O)NC(=O)/C(=C/c3ccccc3OCC(=O)Nc3ccc(Cl)c(Cl)c3)C2=O)cc1. The third kappa shape index (κ3) is 6.25. The molecule has 5 amide bonds. The Bertz CT molecular complexity index is 1520. The van der Waals surface area contributed by atoms with Crippen molar-refractivity contribution in [1.29, 1.82) is 0 Å². The minimum absolute atomic E-state index is 0.132. The summed E-state index contributed by atoms with van der Waals surface area (Å²) in [4.78, 5) is 63.1. The Labute approximate surface area is 232 Å². The van der Waals surface area contributed by atoms with E-state index >= 15 is 0 Å². The summed E-state index contributed by atoms with van der Waals surface area (Å²) >= 11 is 11.9. The average molecular weight is 568 g/mol. The molecule has 198 valence electrons. The van der Waals surface area contributed by atoms with Gasteiger partial charge in [0.2, 0.25) is 0 Å². The van der Waals surface area contributed by atoms with Crippen LogP contribution in [0.2, 0.25) is 10.0 Å². The number of halogens is 2. The van der Waals surface area contributed by atoms with Crippen LogP contribution >= 0.6 is 23.2 Å². The molecule has 2 N–H and O–H groups in total. The Morgan fingerprint density at radius 2 is 1.69 bits per heavy atom. The van der Waals surface area contributed by atoms with Crippen LogP contribution in [-0.2, 0) is 19.1 Å². The van der Waals surface area contributed by atoms with Crippen LogP contribution in [-0.4, -0.2) is 43.4 Å². The molecular weight excluding hydrogens is 549 g/mol. The summed E-state index contributed by atoms with van der Waals surface area (Å²) < 4.78 is 10.3. The second-order valence-corrected chi connectivity index (χ2v) is 8.81. The molecule has 10 nitrogen and oxygen atoms in total. The third-order valence-corrected chi connectivity index (χ3v) is 6.17. The van der Waals surface area contributed by atoms with E-state index in [9.17, 15) is 24.0 Å². The number of para-hydroxylation sites is 1. The molecule has 1 heterocycles. The zero-order chi connectivity index (χ0) is 28.1. The van der Waals surface area contributed by atoms with Crippen LogP contribution in [0.1, 0.15) is 15.9 Å². The van der Waals surface area contributed by atoms with E-state index in [1.807, 2.05) is 0 Å². The summed E-state index contributed by atoms with van der Waals surface area (Å²) in [5.74, 6) is -2.66. The van der Waals surface area contributed by atoms with Crippen LogP contribution in [0.25, 0.3) is 6.08 Å². The number of benzene rings is 3. The zero-order valence-electron chi connectivity index (χ0n) is 20.2. The number of rotatable bonds is 7. The van der Waals surface area contributed by atoms with E-state index < -0.39 is 36.3 Å². The molecule has 1 fully saturated rings. The maximum Gasteiger partial charge on any atom is 0.337 e. The first-order chi connectivity index (χ1) is 18.7. The van der Waals surface area contributed by atoms with E-state index in [1.54, 1.807) is 30.3 Å². The van der Waals surface area contributed by atoms with Crippen molar-refractivity contribution in [3.63, 3.8) is 0 Å². The number of hydrogen-bond acceptors (Lipinski definition) is 7. The lowest BCUT2D eigenvalue weighted by molar-refractivity contribution is -0.122. The molecule has 3 aromatic carbocycles. The highest BCUT2D eigenvalue weighted by Crippen LogP contribution is 2.27.